The normalized spacial score (nSPS) is 15.5. The SMILES string of the molecule is CCc1ccc(-c2c(C)sc3ncnc(N4CCCNCC4)c23)cc1. The van der Waals surface area contributed by atoms with Gasteiger partial charge in [0.1, 0.15) is 17.0 Å². The Morgan fingerprint density at radius 2 is 1.96 bits per heavy atom. The minimum absolute atomic E-state index is 0.995. The van der Waals surface area contributed by atoms with Crippen LogP contribution >= 0.6 is 11.3 Å². The molecular formula is C20H24N4S. The molecule has 3 heterocycles. The fraction of sp³-hybridized carbons (Fsp3) is 0.400. The summed E-state index contributed by atoms with van der Waals surface area (Å²) in [6.45, 7) is 8.52. The van der Waals surface area contributed by atoms with E-state index < -0.39 is 0 Å². The Labute approximate surface area is 152 Å². The van der Waals surface area contributed by atoms with E-state index >= 15 is 0 Å². The van der Waals surface area contributed by atoms with E-state index in [1.54, 1.807) is 17.7 Å². The van der Waals surface area contributed by atoms with Crippen molar-refractivity contribution < 1.29 is 0 Å². The lowest BCUT2D eigenvalue weighted by atomic mass is 10.0. The van der Waals surface area contributed by atoms with Crippen LogP contribution in [0.5, 0.6) is 0 Å². The van der Waals surface area contributed by atoms with Gasteiger partial charge >= 0.3 is 0 Å². The van der Waals surface area contributed by atoms with E-state index in [1.165, 1.54) is 27.0 Å². The van der Waals surface area contributed by atoms with Gasteiger partial charge in [-0.1, -0.05) is 31.2 Å². The quantitative estimate of drug-likeness (QED) is 0.773. The molecule has 25 heavy (non-hydrogen) atoms. The fourth-order valence-electron chi connectivity index (χ4n) is 3.58. The molecule has 1 fully saturated rings. The number of anilines is 1. The number of aromatic nitrogens is 2. The van der Waals surface area contributed by atoms with Crippen LogP contribution in [0.1, 0.15) is 23.8 Å². The molecule has 5 heteroatoms. The monoisotopic (exact) mass is 352 g/mol. The molecule has 4 nitrogen and oxygen atoms in total. The van der Waals surface area contributed by atoms with E-state index in [9.17, 15) is 0 Å². The van der Waals surface area contributed by atoms with Gasteiger partial charge in [0.15, 0.2) is 0 Å². The van der Waals surface area contributed by atoms with Gasteiger partial charge in [-0.05, 0) is 37.4 Å². The maximum Gasteiger partial charge on any atom is 0.141 e. The number of rotatable bonds is 3. The van der Waals surface area contributed by atoms with Gasteiger partial charge in [-0.15, -0.1) is 11.3 Å². The van der Waals surface area contributed by atoms with E-state index in [4.69, 9.17) is 4.98 Å². The predicted octanol–water partition coefficient (Wildman–Crippen LogP) is 4.03. The lowest BCUT2D eigenvalue weighted by molar-refractivity contribution is 0.724. The van der Waals surface area contributed by atoms with Crippen LogP contribution in [0.25, 0.3) is 21.3 Å². The summed E-state index contributed by atoms with van der Waals surface area (Å²) in [6.07, 6.45) is 3.93. The van der Waals surface area contributed by atoms with Crippen LogP contribution in [0.15, 0.2) is 30.6 Å². The van der Waals surface area contributed by atoms with Crippen molar-refractivity contribution >= 4 is 27.4 Å². The Kier molecular flexibility index (Phi) is 4.68. The zero-order valence-corrected chi connectivity index (χ0v) is 15.7. The van der Waals surface area contributed by atoms with Gasteiger partial charge in [0.05, 0.1) is 5.39 Å². The Morgan fingerprint density at radius 1 is 1.12 bits per heavy atom. The number of fused-ring (bicyclic) bond motifs is 1. The van der Waals surface area contributed by atoms with Crippen molar-refractivity contribution in [1.29, 1.82) is 0 Å². The second-order valence-electron chi connectivity index (χ2n) is 6.55. The highest BCUT2D eigenvalue weighted by Crippen LogP contribution is 2.41. The van der Waals surface area contributed by atoms with Crippen LogP contribution in [0.2, 0.25) is 0 Å². The average Bonchev–Trinajstić information content (AvgIpc) is 2.82. The molecule has 1 aromatic carbocycles. The first-order valence-electron chi connectivity index (χ1n) is 9.07. The number of benzene rings is 1. The second kappa shape index (κ2) is 7.10. The lowest BCUT2D eigenvalue weighted by Gasteiger charge is -2.22. The molecule has 1 aliphatic rings. The summed E-state index contributed by atoms with van der Waals surface area (Å²) in [5, 5.41) is 4.70. The van der Waals surface area contributed by atoms with Gasteiger partial charge in [-0.3, -0.25) is 0 Å². The van der Waals surface area contributed by atoms with Crippen LogP contribution in [-0.2, 0) is 6.42 Å². The van der Waals surface area contributed by atoms with E-state index in [0.717, 1.165) is 49.7 Å². The van der Waals surface area contributed by atoms with E-state index in [2.05, 4.69) is 53.3 Å². The predicted molar refractivity (Wildman–Crippen MR) is 107 cm³/mol. The maximum absolute atomic E-state index is 4.70. The molecule has 0 unspecified atom stereocenters. The number of nitrogens with zero attached hydrogens (tertiary/aromatic N) is 3. The van der Waals surface area contributed by atoms with Crippen LogP contribution < -0.4 is 10.2 Å². The number of nitrogens with one attached hydrogen (secondary N) is 1. The third-order valence-electron chi connectivity index (χ3n) is 4.93. The van der Waals surface area contributed by atoms with E-state index in [0.29, 0.717) is 0 Å². The number of hydrogen-bond acceptors (Lipinski definition) is 5. The van der Waals surface area contributed by atoms with Crippen LogP contribution in [0.3, 0.4) is 0 Å². The molecule has 0 saturated carbocycles. The molecule has 1 N–H and O–H groups in total. The molecule has 0 radical (unpaired) electrons. The minimum atomic E-state index is 0.995. The zero-order valence-electron chi connectivity index (χ0n) is 14.9. The van der Waals surface area contributed by atoms with Crippen molar-refractivity contribution in [1.82, 2.24) is 15.3 Å². The topological polar surface area (TPSA) is 41.1 Å². The summed E-state index contributed by atoms with van der Waals surface area (Å²) in [6, 6.07) is 8.96. The van der Waals surface area contributed by atoms with Crippen LogP contribution in [-0.4, -0.2) is 36.1 Å². The van der Waals surface area contributed by atoms with E-state index in [1.807, 2.05) is 0 Å². The Bertz CT molecular complexity index is 861. The highest BCUT2D eigenvalue weighted by Gasteiger charge is 2.21. The summed E-state index contributed by atoms with van der Waals surface area (Å²) < 4.78 is 0. The summed E-state index contributed by atoms with van der Waals surface area (Å²) >= 11 is 1.77. The van der Waals surface area contributed by atoms with E-state index in [-0.39, 0.29) is 0 Å². The van der Waals surface area contributed by atoms with Crippen LogP contribution in [0, 0.1) is 6.92 Å². The zero-order chi connectivity index (χ0) is 17.2. The maximum atomic E-state index is 4.70. The molecule has 0 amide bonds. The van der Waals surface area contributed by atoms with Gasteiger partial charge in [-0.25, -0.2) is 9.97 Å². The average molecular weight is 353 g/mol. The van der Waals surface area contributed by atoms with Crippen LogP contribution in [0.4, 0.5) is 5.82 Å². The summed E-state index contributed by atoms with van der Waals surface area (Å²) in [5.74, 6) is 1.09. The summed E-state index contributed by atoms with van der Waals surface area (Å²) in [5.41, 5.74) is 3.94. The third kappa shape index (κ3) is 3.14. The highest BCUT2D eigenvalue weighted by atomic mass is 32.1. The van der Waals surface area contributed by atoms with Gasteiger partial charge < -0.3 is 10.2 Å². The number of hydrogen-bond donors (Lipinski definition) is 1. The number of thiophene rings is 1. The standard InChI is InChI=1S/C20H24N4S/c1-3-15-5-7-16(8-6-15)17-14(2)25-20-18(17)19(22-13-23-20)24-11-4-9-21-10-12-24/h5-8,13,21H,3-4,9-12H2,1-2H3. The molecule has 0 atom stereocenters. The fourth-order valence-corrected chi connectivity index (χ4v) is 4.59. The minimum Gasteiger partial charge on any atom is -0.355 e. The first-order valence-corrected chi connectivity index (χ1v) is 9.88. The first-order chi connectivity index (χ1) is 12.3. The second-order valence-corrected chi connectivity index (χ2v) is 7.75. The van der Waals surface area contributed by atoms with Gasteiger partial charge in [0.2, 0.25) is 0 Å². The molecule has 4 rings (SSSR count). The first kappa shape index (κ1) is 16.5. The highest BCUT2D eigenvalue weighted by molar-refractivity contribution is 7.19. The van der Waals surface area contributed by atoms with Crippen molar-refractivity contribution in [3.05, 3.63) is 41.0 Å². The largest absolute Gasteiger partial charge is 0.355 e. The smallest absolute Gasteiger partial charge is 0.141 e. The molecular weight excluding hydrogens is 328 g/mol. The van der Waals surface area contributed by atoms with Gasteiger partial charge in [0, 0.05) is 30.1 Å². The molecule has 0 aliphatic carbocycles. The van der Waals surface area contributed by atoms with Crippen molar-refractivity contribution in [2.75, 3.05) is 31.1 Å². The molecule has 2 aromatic heterocycles. The third-order valence-corrected chi connectivity index (χ3v) is 5.95. The molecule has 1 saturated heterocycles. The Hall–Kier alpha value is -1.98. The van der Waals surface area contributed by atoms with Crippen molar-refractivity contribution in [2.24, 2.45) is 0 Å². The van der Waals surface area contributed by atoms with Crippen molar-refractivity contribution in [3.8, 4) is 11.1 Å². The molecule has 1 aliphatic heterocycles. The summed E-state index contributed by atoms with van der Waals surface area (Å²) in [4.78, 5) is 14.1. The number of aryl methyl sites for hydroxylation is 2. The Morgan fingerprint density at radius 3 is 2.76 bits per heavy atom. The lowest BCUT2D eigenvalue weighted by Crippen LogP contribution is -2.28. The molecule has 3 aromatic rings. The Balaban J connectivity index is 1.87. The van der Waals surface area contributed by atoms with Crippen molar-refractivity contribution in [3.63, 3.8) is 0 Å². The summed E-state index contributed by atoms with van der Waals surface area (Å²) in [7, 11) is 0. The van der Waals surface area contributed by atoms with Gasteiger partial charge in [-0.2, -0.15) is 0 Å². The van der Waals surface area contributed by atoms with Crippen molar-refractivity contribution in [2.45, 2.75) is 26.7 Å². The molecule has 0 spiro atoms. The van der Waals surface area contributed by atoms with Gasteiger partial charge in [0.25, 0.3) is 0 Å². The molecule has 130 valence electrons. The molecule has 0 bridgehead atoms.